The number of H-pyrrole nitrogens is 1. The number of para-hydroxylation sites is 1. The number of hydrogen-bond acceptors (Lipinski definition) is 2. The van der Waals surface area contributed by atoms with Crippen LogP contribution in [0.3, 0.4) is 0 Å². The molecular weight excluding hydrogens is 254 g/mol. The maximum absolute atomic E-state index is 5.52. The zero-order valence-electron chi connectivity index (χ0n) is 10.8. The van der Waals surface area contributed by atoms with E-state index in [-0.39, 0.29) is 0 Å². The highest BCUT2D eigenvalue weighted by atomic mass is 32.1. The van der Waals surface area contributed by atoms with Crippen LogP contribution in [0.25, 0.3) is 21.9 Å². The molecule has 96 valence electrons. The van der Waals surface area contributed by atoms with Gasteiger partial charge in [-0.2, -0.15) is 0 Å². The minimum Gasteiger partial charge on any atom is -0.329 e. The van der Waals surface area contributed by atoms with Gasteiger partial charge in [0.05, 0.1) is 22.7 Å². The smallest absolute Gasteiger partial charge is 0.178 e. The SMILES string of the molecule is CC(C1CC1)n1c(=S)[nH]c2cnc3ccccc3c21. The van der Waals surface area contributed by atoms with Crippen LogP contribution in [0.1, 0.15) is 25.8 Å². The summed E-state index contributed by atoms with van der Waals surface area (Å²) >= 11 is 5.52. The van der Waals surface area contributed by atoms with Crippen molar-refractivity contribution in [3.8, 4) is 0 Å². The van der Waals surface area contributed by atoms with E-state index in [9.17, 15) is 0 Å². The molecule has 1 fully saturated rings. The summed E-state index contributed by atoms with van der Waals surface area (Å²) in [6, 6.07) is 8.73. The maximum atomic E-state index is 5.52. The van der Waals surface area contributed by atoms with Gasteiger partial charge < -0.3 is 9.55 Å². The van der Waals surface area contributed by atoms with E-state index in [0.717, 1.165) is 21.7 Å². The molecule has 1 saturated carbocycles. The maximum Gasteiger partial charge on any atom is 0.178 e. The third kappa shape index (κ3) is 1.63. The Labute approximate surface area is 116 Å². The number of aromatic amines is 1. The summed E-state index contributed by atoms with van der Waals surface area (Å²) in [7, 11) is 0. The molecule has 1 aliphatic carbocycles. The predicted octanol–water partition coefficient (Wildman–Crippen LogP) is 4.22. The van der Waals surface area contributed by atoms with Crippen molar-refractivity contribution in [1.82, 2.24) is 14.5 Å². The minimum atomic E-state index is 0.465. The zero-order valence-corrected chi connectivity index (χ0v) is 11.6. The molecular formula is C15H15N3S. The number of pyridine rings is 1. The number of hydrogen-bond donors (Lipinski definition) is 1. The normalized spacial score (nSPS) is 17.1. The lowest BCUT2D eigenvalue weighted by molar-refractivity contribution is 0.493. The Morgan fingerprint density at radius 3 is 2.95 bits per heavy atom. The third-order valence-electron chi connectivity index (χ3n) is 4.16. The number of imidazole rings is 1. The fraction of sp³-hybridized carbons (Fsp3) is 0.333. The molecule has 0 spiro atoms. The quantitative estimate of drug-likeness (QED) is 0.707. The highest BCUT2D eigenvalue weighted by Crippen LogP contribution is 2.41. The Morgan fingerprint density at radius 1 is 1.37 bits per heavy atom. The van der Waals surface area contributed by atoms with Gasteiger partial charge in [-0.15, -0.1) is 0 Å². The van der Waals surface area contributed by atoms with Crippen molar-refractivity contribution >= 4 is 34.2 Å². The Kier molecular flexibility index (Phi) is 2.30. The molecule has 1 N–H and O–H groups in total. The standard InChI is InChI=1S/C15H15N3S/c1-9(10-6-7-10)18-14-11-4-2-3-5-12(11)16-8-13(14)17-15(18)19/h2-5,8-10H,6-7H2,1H3,(H,17,19). The van der Waals surface area contributed by atoms with E-state index >= 15 is 0 Å². The van der Waals surface area contributed by atoms with E-state index in [1.165, 1.54) is 23.7 Å². The summed E-state index contributed by atoms with van der Waals surface area (Å²) in [4.78, 5) is 7.79. The van der Waals surface area contributed by atoms with E-state index in [2.05, 4.69) is 39.7 Å². The van der Waals surface area contributed by atoms with Gasteiger partial charge in [0.1, 0.15) is 0 Å². The molecule has 0 saturated heterocycles. The number of nitrogens with zero attached hydrogens (tertiary/aromatic N) is 2. The molecule has 1 aliphatic rings. The number of fused-ring (bicyclic) bond motifs is 3. The number of rotatable bonds is 2. The monoisotopic (exact) mass is 269 g/mol. The summed E-state index contributed by atoms with van der Waals surface area (Å²) in [5, 5.41) is 1.18. The van der Waals surface area contributed by atoms with Gasteiger partial charge in [-0.25, -0.2) is 0 Å². The van der Waals surface area contributed by atoms with Crippen molar-refractivity contribution in [2.75, 3.05) is 0 Å². The Balaban J connectivity index is 2.13. The summed E-state index contributed by atoms with van der Waals surface area (Å²) in [5.41, 5.74) is 3.27. The van der Waals surface area contributed by atoms with Gasteiger partial charge in [-0.3, -0.25) is 4.98 Å². The fourth-order valence-electron chi connectivity index (χ4n) is 2.93. The van der Waals surface area contributed by atoms with Crippen molar-refractivity contribution < 1.29 is 0 Å². The van der Waals surface area contributed by atoms with Crippen LogP contribution in [-0.2, 0) is 0 Å². The van der Waals surface area contributed by atoms with Crippen LogP contribution in [0.5, 0.6) is 0 Å². The second-order valence-electron chi connectivity index (χ2n) is 5.42. The first kappa shape index (κ1) is 11.2. The van der Waals surface area contributed by atoms with E-state index < -0.39 is 0 Å². The second kappa shape index (κ2) is 3.90. The molecule has 3 aromatic rings. The number of benzene rings is 1. The van der Waals surface area contributed by atoms with Crippen LogP contribution in [0.2, 0.25) is 0 Å². The zero-order chi connectivity index (χ0) is 13.0. The first-order valence-corrected chi connectivity index (χ1v) is 7.14. The van der Waals surface area contributed by atoms with Gasteiger partial charge in [0.25, 0.3) is 0 Å². The molecule has 2 heterocycles. The number of nitrogens with one attached hydrogen (secondary N) is 1. The topological polar surface area (TPSA) is 33.6 Å². The van der Waals surface area contributed by atoms with Crippen LogP contribution < -0.4 is 0 Å². The minimum absolute atomic E-state index is 0.465. The summed E-state index contributed by atoms with van der Waals surface area (Å²) in [5.74, 6) is 0.776. The lowest BCUT2D eigenvalue weighted by Crippen LogP contribution is -2.07. The highest BCUT2D eigenvalue weighted by molar-refractivity contribution is 7.71. The van der Waals surface area contributed by atoms with Gasteiger partial charge in [-0.1, -0.05) is 18.2 Å². The molecule has 2 aromatic heterocycles. The summed E-state index contributed by atoms with van der Waals surface area (Å²) in [6.45, 7) is 2.27. The molecule has 4 rings (SSSR count). The lowest BCUT2D eigenvalue weighted by Gasteiger charge is -2.14. The molecule has 1 aromatic carbocycles. The summed E-state index contributed by atoms with van der Waals surface area (Å²) < 4.78 is 3.10. The van der Waals surface area contributed by atoms with Crippen LogP contribution in [0.15, 0.2) is 30.5 Å². The molecule has 4 heteroatoms. The van der Waals surface area contributed by atoms with E-state index in [0.29, 0.717) is 6.04 Å². The van der Waals surface area contributed by atoms with Crippen molar-refractivity contribution in [2.45, 2.75) is 25.8 Å². The molecule has 0 radical (unpaired) electrons. The Bertz CT molecular complexity index is 826. The van der Waals surface area contributed by atoms with Crippen molar-refractivity contribution in [2.24, 2.45) is 5.92 Å². The molecule has 3 nitrogen and oxygen atoms in total. The molecule has 0 amide bonds. The molecule has 1 unspecified atom stereocenters. The molecule has 0 bridgehead atoms. The van der Waals surface area contributed by atoms with Crippen LogP contribution >= 0.6 is 12.2 Å². The fourth-order valence-corrected chi connectivity index (χ4v) is 3.30. The average molecular weight is 269 g/mol. The molecule has 1 atom stereocenters. The van der Waals surface area contributed by atoms with Crippen molar-refractivity contribution in [3.05, 3.63) is 35.2 Å². The van der Waals surface area contributed by atoms with Crippen LogP contribution in [-0.4, -0.2) is 14.5 Å². The van der Waals surface area contributed by atoms with Gasteiger partial charge in [0.2, 0.25) is 0 Å². The average Bonchev–Trinajstić information content (AvgIpc) is 3.20. The first-order chi connectivity index (χ1) is 9.25. The van der Waals surface area contributed by atoms with Gasteiger partial charge >= 0.3 is 0 Å². The Morgan fingerprint density at radius 2 is 2.16 bits per heavy atom. The summed E-state index contributed by atoms with van der Waals surface area (Å²) in [6.07, 6.45) is 4.53. The lowest BCUT2D eigenvalue weighted by atomic mass is 10.1. The van der Waals surface area contributed by atoms with Crippen LogP contribution in [0, 0.1) is 10.7 Å². The van der Waals surface area contributed by atoms with Crippen LogP contribution in [0.4, 0.5) is 0 Å². The van der Waals surface area contributed by atoms with E-state index in [1.54, 1.807) is 0 Å². The van der Waals surface area contributed by atoms with E-state index in [4.69, 9.17) is 12.2 Å². The van der Waals surface area contributed by atoms with Gasteiger partial charge in [0.15, 0.2) is 4.77 Å². The van der Waals surface area contributed by atoms with Crippen molar-refractivity contribution in [1.29, 1.82) is 0 Å². The Hall–Kier alpha value is -1.68. The largest absolute Gasteiger partial charge is 0.329 e. The predicted molar refractivity (Wildman–Crippen MR) is 79.9 cm³/mol. The molecule has 0 aliphatic heterocycles. The number of aromatic nitrogens is 3. The first-order valence-electron chi connectivity index (χ1n) is 6.73. The van der Waals surface area contributed by atoms with Crippen molar-refractivity contribution in [3.63, 3.8) is 0 Å². The van der Waals surface area contributed by atoms with Gasteiger partial charge in [-0.05, 0) is 44.0 Å². The highest BCUT2D eigenvalue weighted by Gasteiger charge is 2.30. The third-order valence-corrected chi connectivity index (χ3v) is 4.46. The molecule has 19 heavy (non-hydrogen) atoms. The van der Waals surface area contributed by atoms with Gasteiger partial charge in [0, 0.05) is 11.4 Å². The second-order valence-corrected chi connectivity index (χ2v) is 5.80. The van der Waals surface area contributed by atoms with E-state index in [1.807, 2.05) is 12.3 Å².